The number of rotatable bonds is 3. The molecule has 1 aliphatic carbocycles. The van der Waals surface area contributed by atoms with E-state index < -0.39 is 0 Å². The minimum Gasteiger partial charge on any atom is -0.353 e. The highest BCUT2D eigenvalue weighted by Gasteiger charge is 2.26. The average Bonchev–Trinajstić information content (AvgIpc) is 3.05. The van der Waals surface area contributed by atoms with Gasteiger partial charge in [-0.25, -0.2) is 0 Å². The normalized spacial score (nSPS) is 26.9. The van der Waals surface area contributed by atoms with Gasteiger partial charge in [0, 0.05) is 18.3 Å². The van der Waals surface area contributed by atoms with Crippen molar-refractivity contribution >= 4 is 22.8 Å². The summed E-state index contributed by atoms with van der Waals surface area (Å²) < 4.78 is 0. The number of thioether (sulfide) groups is 1. The number of nitrogens with zero attached hydrogens (tertiary/aromatic N) is 1. The Bertz CT molecular complexity index is 302. The first-order valence-corrected chi connectivity index (χ1v) is 6.88. The zero-order chi connectivity index (χ0) is 11.5. The molecule has 1 amide bonds. The third kappa shape index (κ3) is 3.40. The van der Waals surface area contributed by atoms with Gasteiger partial charge in [-0.2, -0.15) is 0 Å². The largest absolute Gasteiger partial charge is 0.353 e. The van der Waals surface area contributed by atoms with Crippen molar-refractivity contribution in [3.8, 4) is 0 Å². The zero-order valence-corrected chi connectivity index (χ0v) is 10.6. The van der Waals surface area contributed by atoms with Gasteiger partial charge in [0.05, 0.1) is 0 Å². The van der Waals surface area contributed by atoms with E-state index in [4.69, 9.17) is 0 Å². The summed E-state index contributed by atoms with van der Waals surface area (Å²) in [7, 11) is 0. The van der Waals surface area contributed by atoms with Crippen molar-refractivity contribution < 1.29 is 4.79 Å². The quantitative estimate of drug-likeness (QED) is 0.774. The van der Waals surface area contributed by atoms with Gasteiger partial charge in [-0.15, -0.1) is 0 Å². The smallest absolute Gasteiger partial charge is 0.242 e. The fourth-order valence-electron chi connectivity index (χ4n) is 1.45. The van der Waals surface area contributed by atoms with E-state index in [9.17, 15) is 4.79 Å². The van der Waals surface area contributed by atoms with Crippen LogP contribution in [0.5, 0.6) is 0 Å². The maximum atomic E-state index is 11.7. The number of aliphatic imine (C=N–C) groups is 1. The maximum absolute atomic E-state index is 11.7. The van der Waals surface area contributed by atoms with E-state index in [1.165, 1.54) is 0 Å². The predicted molar refractivity (Wildman–Crippen MR) is 67.7 cm³/mol. The first kappa shape index (κ1) is 11.8. The molecule has 0 spiro atoms. The lowest BCUT2D eigenvalue weighted by molar-refractivity contribution is -0.122. The van der Waals surface area contributed by atoms with E-state index in [1.54, 1.807) is 11.8 Å². The lowest BCUT2D eigenvalue weighted by atomic mass is 10.2. The molecule has 4 nitrogen and oxygen atoms in total. The standard InChI is InChI=1S/C11H19N3OS/c1-7-5-12-11(16-6-7)13-8(2)10(15)14-9-3-4-9/h7-9H,3-6H2,1-2H3,(H,12,13)(H,14,15). The summed E-state index contributed by atoms with van der Waals surface area (Å²) >= 11 is 1.71. The van der Waals surface area contributed by atoms with Crippen LogP contribution in [0.15, 0.2) is 4.99 Å². The number of hydrogen-bond donors (Lipinski definition) is 2. The fourth-order valence-corrected chi connectivity index (χ4v) is 2.42. The van der Waals surface area contributed by atoms with Crippen LogP contribution in [-0.2, 0) is 4.79 Å². The molecule has 90 valence electrons. The highest BCUT2D eigenvalue weighted by Crippen LogP contribution is 2.19. The maximum Gasteiger partial charge on any atom is 0.242 e. The minimum absolute atomic E-state index is 0.0874. The molecule has 1 fully saturated rings. The van der Waals surface area contributed by atoms with E-state index in [2.05, 4.69) is 22.5 Å². The van der Waals surface area contributed by atoms with Gasteiger partial charge in [0.2, 0.25) is 5.91 Å². The van der Waals surface area contributed by atoms with Crippen molar-refractivity contribution in [2.45, 2.75) is 38.8 Å². The Labute approximate surface area is 101 Å². The molecule has 1 heterocycles. The van der Waals surface area contributed by atoms with Crippen molar-refractivity contribution in [3.63, 3.8) is 0 Å². The summed E-state index contributed by atoms with van der Waals surface area (Å²) in [6.07, 6.45) is 2.26. The van der Waals surface area contributed by atoms with Crippen molar-refractivity contribution in [2.75, 3.05) is 12.3 Å². The number of carbonyl (C=O) groups excluding carboxylic acids is 1. The molecule has 2 rings (SSSR count). The molecular formula is C11H19N3OS. The van der Waals surface area contributed by atoms with Crippen molar-refractivity contribution in [1.82, 2.24) is 10.6 Å². The Kier molecular flexibility index (Phi) is 3.74. The van der Waals surface area contributed by atoms with Crippen LogP contribution in [0.2, 0.25) is 0 Å². The summed E-state index contributed by atoms with van der Waals surface area (Å²) in [4.78, 5) is 16.1. The first-order chi connectivity index (χ1) is 7.65. The molecule has 1 saturated carbocycles. The second-order valence-corrected chi connectivity index (χ2v) is 5.72. The van der Waals surface area contributed by atoms with Crippen LogP contribution < -0.4 is 10.6 Å². The monoisotopic (exact) mass is 241 g/mol. The number of amidine groups is 1. The fraction of sp³-hybridized carbons (Fsp3) is 0.818. The SMILES string of the molecule is CC1CN=C(NC(C)C(=O)NC2CC2)SC1. The van der Waals surface area contributed by atoms with Crippen LogP contribution in [0.25, 0.3) is 0 Å². The molecule has 2 unspecified atom stereocenters. The Morgan fingerprint density at radius 3 is 2.88 bits per heavy atom. The Morgan fingerprint density at radius 1 is 1.56 bits per heavy atom. The number of amides is 1. The molecular weight excluding hydrogens is 222 g/mol. The highest BCUT2D eigenvalue weighted by atomic mass is 32.2. The van der Waals surface area contributed by atoms with Crippen molar-refractivity contribution in [2.24, 2.45) is 10.9 Å². The van der Waals surface area contributed by atoms with Gasteiger partial charge in [0.1, 0.15) is 6.04 Å². The van der Waals surface area contributed by atoms with Crippen molar-refractivity contribution in [3.05, 3.63) is 0 Å². The second kappa shape index (κ2) is 5.08. The molecule has 2 aliphatic rings. The molecule has 0 saturated heterocycles. The van der Waals surface area contributed by atoms with Crippen LogP contribution in [0.1, 0.15) is 26.7 Å². The van der Waals surface area contributed by atoms with Crippen LogP contribution in [-0.4, -0.2) is 35.5 Å². The van der Waals surface area contributed by atoms with Crippen LogP contribution in [0.4, 0.5) is 0 Å². The number of hydrogen-bond acceptors (Lipinski definition) is 4. The number of carbonyl (C=O) groups is 1. The van der Waals surface area contributed by atoms with Gasteiger partial charge in [-0.1, -0.05) is 18.7 Å². The lowest BCUT2D eigenvalue weighted by Crippen LogP contribution is -2.45. The molecule has 2 N–H and O–H groups in total. The number of nitrogens with one attached hydrogen (secondary N) is 2. The van der Waals surface area contributed by atoms with Gasteiger partial charge >= 0.3 is 0 Å². The van der Waals surface area contributed by atoms with E-state index >= 15 is 0 Å². The molecule has 0 aromatic heterocycles. The molecule has 0 aromatic rings. The third-order valence-electron chi connectivity index (χ3n) is 2.71. The highest BCUT2D eigenvalue weighted by molar-refractivity contribution is 8.13. The summed E-state index contributed by atoms with van der Waals surface area (Å²) in [6.45, 7) is 4.95. The Balaban J connectivity index is 1.77. The molecule has 0 radical (unpaired) electrons. The minimum atomic E-state index is -0.180. The second-order valence-electron chi connectivity index (χ2n) is 4.71. The molecule has 0 aromatic carbocycles. The van der Waals surface area contributed by atoms with Crippen LogP contribution in [0, 0.1) is 5.92 Å². The molecule has 5 heteroatoms. The molecule has 16 heavy (non-hydrogen) atoms. The van der Waals surface area contributed by atoms with Gasteiger partial charge in [-0.3, -0.25) is 9.79 Å². The van der Waals surface area contributed by atoms with Crippen molar-refractivity contribution in [1.29, 1.82) is 0 Å². The average molecular weight is 241 g/mol. The van der Waals surface area contributed by atoms with Crippen LogP contribution >= 0.6 is 11.8 Å². The summed E-state index contributed by atoms with van der Waals surface area (Å²) in [5, 5.41) is 7.07. The Morgan fingerprint density at radius 2 is 2.31 bits per heavy atom. The molecule has 2 atom stereocenters. The molecule has 1 aliphatic heterocycles. The van der Waals surface area contributed by atoms with Gasteiger partial charge in [0.15, 0.2) is 5.17 Å². The van der Waals surface area contributed by atoms with Gasteiger partial charge in [0.25, 0.3) is 0 Å². The Hall–Kier alpha value is -0.710. The van der Waals surface area contributed by atoms with E-state index in [1.807, 2.05) is 6.92 Å². The summed E-state index contributed by atoms with van der Waals surface area (Å²) in [5.41, 5.74) is 0. The van der Waals surface area contributed by atoms with E-state index in [0.29, 0.717) is 12.0 Å². The predicted octanol–water partition coefficient (Wildman–Crippen LogP) is 0.982. The lowest BCUT2D eigenvalue weighted by Gasteiger charge is -2.21. The van der Waals surface area contributed by atoms with Gasteiger partial charge in [-0.05, 0) is 25.7 Å². The first-order valence-electron chi connectivity index (χ1n) is 5.89. The third-order valence-corrected chi connectivity index (χ3v) is 3.96. The van der Waals surface area contributed by atoms with Crippen LogP contribution in [0.3, 0.4) is 0 Å². The zero-order valence-electron chi connectivity index (χ0n) is 9.82. The summed E-state index contributed by atoms with van der Waals surface area (Å²) in [5.74, 6) is 1.82. The summed E-state index contributed by atoms with van der Waals surface area (Å²) in [6, 6.07) is 0.248. The van der Waals surface area contributed by atoms with E-state index in [0.717, 1.165) is 30.3 Å². The van der Waals surface area contributed by atoms with E-state index in [-0.39, 0.29) is 11.9 Å². The topological polar surface area (TPSA) is 53.5 Å². The molecule has 0 bridgehead atoms. The van der Waals surface area contributed by atoms with Gasteiger partial charge < -0.3 is 10.6 Å².